The third-order valence-corrected chi connectivity index (χ3v) is 8.63. The van der Waals surface area contributed by atoms with Crippen LogP contribution in [0.2, 0.25) is 0 Å². The van der Waals surface area contributed by atoms with Crippen molar-refractivity contribution in [2.45, 2.75) is 38.5 Å². The van der Waals surface area contributed by atoms with Crippen LogP contribution >= 0.6 is 0 Å². The molecule has 212 valence electrons. The van der Waals surface area contributed by atoms with Crippen molar-refractivity contribution in [2.75, 3.05) is 0 Å². The molecule has 0 fully saturated rings. The number of nitrogens with zero attached hydrogens (tertiary/aromatic N) is 2. The van der Waals surface area contributed by atoms with Gasteiger partial charge >= 0.3 is 21.1 Å². The fourth-order valence-corrected chi connectivity index (χ4v) is 5.83. The van der Waals surface area contributed by atoms with Gasteiger partial charge in [0.25, 0.3) is 0 Å². The maximum atomic E-state index is 5.23. The SMILES string of the molecule is CC1(C)c2[c-]c(cc(-c3ccccc3)c2)-c2cccc(n2)C(C)(C)c2cccc(n2)-c2[c-]c1cc(-c1ccccc1)c2.[Pt+2]. The summed E-state index contributed by atoms with van der Waals surface area (Å²) >= 11 is 0. The molecule has 0 N–H and O–H groups in total. The van der Waals surface area contributed by atoms with Gasteiger partial charge in [-0.15, -0.1) is 69.8 Å². The summed E-state index contributed by atoms with van der Waals surface area (Å²) in [6.45, 7) is 8.94. The molecule has 3 heteroatoms. The molecule has 0 saturated carbocycles. The third kappa shape index (κ3) is 5.30. The summed E-state index contributed by atoms with van der Waals surface area (Å²) in [6, 6.07) is 50.4. The van der Waals surface area contributed by atoms with E-state index in [1.54, 1.807) is 0 Å². The van der Waals surface area contributed by atoms with Crippen LogP contribution in [0.5, 0.6) is 0 Å². The molecule has 3 heterocycles. The molecule has 0 unspecified atom stereocenters. The van der Waals surface area contributed by atoms with Gasteiger partial charge in [-0.1, -0.05) is 98.8 Å². The number of aromatic nitrogens is 2. The first kappa shape index (κ1) is 29.0. The van der Waals surface area contributed by atoms with Crippen LogP contribution < -0.4 is 0 Å². The predicted octanol–water partition coefficient (Wildman–Crippen LogP) is 9.71. The van der Waals surface area contributed by atoms with Crippen LogP contribution in [0.4, 0.5) is 0 Å². The number of benzene rings is 4. The van der Waals surface area contributed by atoms with Crippen molar-refractivity contribution < 1.29 is 21.1 Å². The molecule has 0 amide bonds. The van der Waals surface area contributed by atoms with Gasteiger partial charge in [-0.2, -0.15) is 0 Å². The molecule has 2 aromatic heterocycles. The summed E-state index contributed by atoms with van der Waals surface area (Å²) < 4.78 is 0. The molecule has 7 rings (SSSR count). The summed E-state index contributed by atoms with van der Waals surface area (Å²) in [4.78, 5) is 10.5. The minimum absolute atomic E-state index is 0. The topological polar surface area (TPSA) is 25.8 Å². The maximum absolute atomic E-state index is 5.23. The van der Waals surface area contributed by atoms with Crippen LogP contribution in [0.1, 0.15) is 50.2 Å². The second-order valence-electron chi connectivity index (χ2n) is 12.2. The van der Waals surface area contributed by atoms with Gasteiger partial charge in [0.05, 0.1) is 0 Å². The smallest absolute Gasteiger partial charge is 0.300 e. The number of hydrogen-bond acceptors (Lipinski definition) is 2. The van der Waals surface area contributed by atoms with Crippen LogP contribution in [0.15, 0.2) is 121 Å². The van der Waals surface area contributed by atoms with Gasteiger partial charge in [-0.25, -0.2) is 0 Å². The van der Waals surface area contributed by atoms with Gasteiger partial charge in [-0.05, 0) is 53.9 Å². The van der Waals surface area contributed by atoms with Gasteiger partial charge in [0, 0.05) is 16.8 Å². The average molecular weight is 736 g/mol. The zero-order valence-corrected chi connectivity index (χ0v) is 27.0. The quantitative estimate of drug-likeness (QED) is 0.166. The van der Waals surface area contributed by atoms with E-state index in [0.717, 1.165) is 56.2 Å². The summed E-state index contributed by atoms with van der Waals surface area (Å²) in [5.74, 6) is 0. The van der Waals surface area contributed by atoms with Crippen molar-refractivity contribution in [1.82, 2.24) is 9.97 Å². The van der Waals surface area contributed by atoms with E-state index in [1.165, 1.54) is 11.1 Å². The fraction of sp³-hybridized carbons (Fsp3) is 0.150. The molecular formula is C40H32N2Pt. The molecule has 0 aliphatic carbocycles. The molecule has 1 aliphatic heterocycles. The molecule has 2 nitrogen and oxygen atoms in total. The number of fused-ring (bicyclic) bond motifs is 10. The van der Waals surface area contributed by atoms with Gasteiger partial charge in [0.1, 0.15) is 0 Å². The van der Waals surface area contributed by atoms with Crippen LogP contribution in [0, 0.1) is 12.1 Å². The van der Waals surface area contributed by atoms with Crippen molar-refractivity contribution in [3.05, 3.63) is 156 Å². The molecule has 0 spiro atoms. The number of hydrogen-bond donors (Lipinski definition) is 0. The second-order valence-corrected chi connectivity index (χ2v) is 12.2. The minimum Gasteiger partial charge on any atom is -0.300 e. The summed E-state index contributed by atoms with van der Waals surface area (Å²) in [7, 11) is 0. The molecular weight excluding hydrogens is 704 g/mol. The predicted molar refractivity (Wildman–Crippen MR) is 172 cm³/mol. The molecule has 0 radical (unpaired) electrons. The standard InChI is InChI=1S/C40H32N2.Pt/c1-39(2)33-23-29(27-13-7-5-8-14-27)21-31(25-33)35-17-11-19-37(41-35)40(3,4)38-20-12-18-36(42-38)32-22-30(24-34(39)26-32)28-15-9-6-10-16-28;/h5-24H,1-4H3;/q-2;+2. The first-order valence-corrected chi connectivity index (χ1v) is 14.5. The monoisotopic (exact) mass is 735 g/mol. The van der Waals surface area contributed by atoms with Crippen LogP contribution in [-0.2, 0) is 31.9 Å². The Hall–Kier alpha value is -4.13. The van der Waals surface area contributed by atoms with E-state index >= 15 is 0 Å². The Morgan fingerprint density at radius 2 is 0.860 bits per heavy atom. The Balaban J connectivity index is 0.00000329. The van der Waals surface area contributed by atoms with E-state index in [2.05, 4.69) is 161 Å². The summed E-state index contributed by atoms with van der Waals surface area (Å²) in [5.41, 5.74) is 11.7. The Morgan fingerprint density at radius 1 is 0.442 bits per heavy atom. The minimum atomic E-state index is -0.408. The normalized spacial score (nSPS) is 14.2. The van der Waals surface area contributed by atoms with E-state index < -0.39 is 10.8 Å². The van der Waals surface area contributed by atoms with E-state index in [9.17, 15) is 0 Å². The van der Waals surface area contributed by atoms with Crippen molar-refractivity contribution in [3.63, 3.8) is 0 Å². The van der Waals surface area contributed by atoms with E-state index in [1.807, 2.05) is 0 Å². The Bertz CT molecular complexity index is 1790. The third-order valence-electron chi connectivity index (χ3n) is 8.63. The van der Waals surface area contributed by atoms with Crippen molar-refractivity contribution in [3.8, 4) is 44.8 Å². The zero-order chi connectivity index (χ0) is 28.9. The Labute approximate surface area is 269 Å². The largest absolute Gasteiger partial charge is 2.00 e. The second kappa shape index (κ2) is 11.2. The molecule has 0 saturated heterocycles. The average Bonchev–Trinajstić information content (AvgIpc) is 3.05. The van der Waals surface area contributed by atoms with Crippen molar-refractivity contribution in [1.29, 1.82) is 0 Å². The maximum Gasteiger partial charge on any atom is 2.00 e. The molecule has 6 aromatic rings. The van der Waals surface area contributed by atoms with Gasteiger partial charge in [0.2, 0.25) is 0 Å². The first-order valence-electron chi connectivity index (χ1n) is 14.5. The van der Waals surface area contributed by atoms with Gasteiger partial charge in [0.15, 0.2) is 0 Å². The van der Waals surface area contributed by atoms with E-state index in [0.29, 0.717) is 0 Å². The van der Waals surface area contributed by atoms with Gasteiger partial charge in [-0.3, -0.25) is 0 Å². The molecule has 8 bridgehead atoms. The first-order chi connectivity index (χ1) is 20.3. The van der Waals surface area contributed by atoms with Crippen LogP contribution in [0.3, 0.4) is 0 Å². The summed E-state index contributed by atoms with van der Waals surface area (Å²) in [6.07, 6.45) is 0. The van der Waals surface area contributed by atoms with E-state index in [4.69, 9.17) is 9.97 Å². The summed E-state index contributed by atoms with van der Waals surface area (Å²) in [5, 5.41) is 0. The van der Waals surface area contributed by atoms with Crippen molar-refractivity contribution >= 4 is 0 Å². The van der Waals surface area contributed by atoms with Gasteiger partial charge < -0.3 is 9.97 Å². The molecule has 4 aromatic carbocycles. The fourth-order valence-electron chi connectivity index (χ4n) is 5.83. The van der Waals surface area contributed by atoms with E-state index in [-0.39, 0.29) is 21.1 Å². The van der Waals surface area contributed by atoms with Crippen LogP contribution in [0.25, 0.3) is 44.8 Å². The van der Waals surface area contributed by atoms with Crippen molar-refractivity contribution in [2.24, 2.45) is 0 Å². The number of pyridine rings is 2. The Kier molecular flexibility index (Phi) is 7.53. The molecule has 1 aliphatic rings. The Morgan fingerprint density at radius 3 is 1.28 bits per heavy atom. The number of rotatable bonds is 2. The molecule has 0 atom stereocenters. The molecule has 43 heavy (non-hydrogen) atoms. The zero-order valence-electron chi connectivity index (χ0n) is 24.8. The van der Waals surface area contributed by atoms with Crippen LogP contribution in [-0.4, -0.2) is 9.97 Å².